The lowest BCUT2D eigenvalue weighted by Gasteiger charge is -2.51. The van der Waals surface area contributed by atoms with Crippen LogP contribution >= 0.6 is 0 Å². The third kappa shape index (κ3) is 3.76. The highest BCUT2D eigenvalue weighted by Crippen LogP contribution is 2.37. The molecule has 1 unspecified atom stereocenters. The van der Waals surface area contributed by atoms with Crippen LogP contribution in [-0.4, -0.2) is 53.6 Å². The fourth-order valence-corrected chi connectivity index (χ4v) is 4.77. The number of benzene rings is 2. The standard InChI is InChI=1S/C24H27N5/c1-3-7-19(8-4-1)24(20-9-5-2-6-10-20)28-16-21(17-28)22-15-25-13-14-29(22)23-11-12-26-18-27-23/h1-12,18,21-22,24-25H,13-17H2. The number of hydrogen-bond donors (Lipinski definition) is 1. The molecule has 5 nitrogen and oxygen atoms in total. The Hall–Kier alpha value is -2.76. The van der Waals surface area contributed by atoms with Gasteiger partial charge in [-0.05, 0) is 17.2 Å². The number of likely N-dealkylation sites (tertiary alicyclic amines) is 1. The summed E-state index contributed by atoms with van der Waals surface area (Å²) in [6.07, 6.45) is 3.50. The van der Waals surface area contributed by atoms with Crippen molar-refractivity contribution in [2.75, 3.05) is 37.6 Å². The van der Waals surface area contributed by atoms with Gasteiger partial charge in [-0.25, -0.2) is 9.97 Å². The Morgan fingerprint density at radius 1 is 0.897 bits per heavy atom. The summed E-state index contributed by atoms with van der Waals surface area (Å²) in [5.74, 6) is 1.68. The Morgan fingerprint density at radius 3 is 2.21 bits per heavy atom. The number of anilines is 1. The molecule has 29 heavy (non-hydrogen) atoms. The molecule has 2 fully saturated rings. The molecule has 1 N–H and O–H groups in total. The number of piperazine rings is 1. The van der Waals surface area contributed by atoms with Gasteiger partial charge in [0.15, 0.2) is 0 Å². The minimum Gasteiger partial charge on any atom is -0.351 e. The van der Waals surface area contributed by atoms with Crippen LogP contribution in [-0.2, 0) is 0 Å². The quantitative estimate of drug-likeness (QED) is 0.732. The van der Waals surface area contributed by atoms with Gasteiger partial charge in [-0.2, -0.15) is 0 Å². The summed E-state index contributed by atoms with van der Waals surface area (Å²) >= 11 is 0. The molecule has 2 aliphatic rings. The number of hydrogen-bond acceptors (Lipinski definition) is 5. The molecule has 3 heterocycles. The number of nitrogens with zero attached hydrogens (tertiary/aromatic N) is 4. The predicted octanol–water partition coefficient (Wildman–Crippen LogP) is 2.98. The van der Waals surface area contributed by atoms with Gasteiger partial charge < -0.3 is 10.2 Å². The van der Waals surface area contributed by atoms with Crippen LogP contribution in [0.15, 0.2) is 79.3 Å². The third-order valence-electron chi connectivity index (χ3n) is 6.22. The Balaban J connectivity index is 1.35. The van der Waals surface area contributed by atoms with E-state index in [2.05, 4.69) is 85.7 Å². The van der Waals surface area contributed by atoms with E-state index >= 15 is 0 Å². The van der Waals surface area contributed by atoms with Gasteiger partial charge in [-0.3, -0.25) is 4.90 Å². The first-order chi connectivity index (χ1) is 14.4. The van der Waals surface area contributed by atoms with E-state index in [4.69, 9.17) is 0 Å². The van der Waals surface area contributed by atoms with Gasteiger partial charge in [-0.1, -0.05) is 60.7 Å². The molecule has 0 radical (unpaired) electrons. The Bertz CT molecular complexity index is 857. The van der Waals surface area contributed by atoms with Crippen LogP contribution < -0.4 is 10.2 Å². The average Bonchev–Trinajstić information content (AvgIpc) is 2.78. The summed E-state index contributed by atoms with van der Waals surface area (Å²) in [6, 6.07) is 24.6. The summed E-state index contributed by atoms with van der Waals surface area (Å²) < 4.78 is 0. The summed E-state index contributed by atoms with van der Waals surface area (Å²) in [6.45, 7) is 5.22. The van der Waals surface area contributed by atoms with Crippen LogP contribution in [0.3, 0.4) is 0 Å². The lowest BCUT2D eigenvalue weighted by molar-refractivity contribution is 0.0481. The topological polar surface area (TPSA) is 44.3 Å². The van der Waals surface area contributed by atoms with E-state index in [1.807, 2.05) is 12.3 Å². The van der Waals surface area contributed by atoms with Gasteiger partial charge in [0, 0.05) is 50.9 Å². The van der Waals surface area contributed by atoms with Crippen molar-refractivity contribution in [2.45, 2.75) is 12.1 Å². The molecule has 3 aromatic rings. The molecule has 2 aromatic carbocycles. The van der Waals surface area contributed by atoms with Crippen LogP contribution in [0.4, 0.5) is 5.82 Å². The summed E-state index contributed by atoms with van der Waals surface area (Å²) in [7, 11) is 0. The lowest BCUT2D eigenvalue weighted by Crippen LogP contribution is -2.63. The third-order valence-corrected chi connectivity index (χ3v) is 6.22. The maximum atomic E-state index is 4.52. The first kappa shape index (κ1) is 18.3. The van der Waals surface area contributed by atoms with Gasteiger partial charge in [0.05, 0.1) is 6.04 Å². The van der Waals surface area contributed by atoms with E-state index in [9.17, 15) is 0 Å². The minimum atomic E-state index is 0.317. The Labute approximate surface area is 172 Å². The molecule has 1 aromatic heterocycles. The van der Waals surface area contributed by atoms with Gasteiger partial charge in [-0.15, -0.1) is 0 Å². The molecular formula is C24H27N5. The monoisotopic (exact) mass is 385 g/mol. The largest absolute Gasteiger partial charge is 0.351 e. The van der Waals surface area contributed by atoms with E-state index in [0.29, 0.717) is 18.0 Å². The van der Waals surface area contributed by atoms with Crippen molar-refractivity contribution in [3.05, 3.63) is 90.4 Å². The van der Waals surface area contributed by atoms with Crippen molar-refractivity contribution in [1.29, 1.82) is 0 Å². The SMILES string of the molecule is c1ccc(C(c2ccccc2)N2CC(C3CNCCN3c3ccncn3)C2)cc1. The van der Waals surface area contributed by atoms with Gasteiger partial charge in [0.1, 0.15) is 12.1 Å². The zero-order valence-electron chi connectivity index (χ0n) is 16.6. The van der Waals surface area contributed by atoms with Crippen molar-refractivity contribution in [3.63, 3.8) is 0 Å². The molecule has 2 saturated heterocycles. The first-order valence-electron chi connectivity index (χ1n) is 10.5. The highest BCUT2D eigenvalue weighted by Gasteiger charge is 2.41. The van der Waals surface area contributed by atoms with Gasteiger partial charge in [0.25, 0.3) is 0 Å². The highest BCUT2D eigenvalue weighted by atomic mass is 15.3. The molecule has 148 valence electrons. The fraction of sp³-hybridized carbons (Fsp3) is 0.333. The zero-order valence-corrected chi connectivity index (χ0v) is 16.6. The second kappa shape index (κ2) is 8.31. The second-order valence-electron chi connectivity index (χ2n) is 7.97. The van der Waals surface area contributed by atoms with Crippen molar-refractivity contribution in [2.24, 2.45) is 5.92 Å². The van der Waals surface area contributed by atoms with Crippen molar-refractivity contribution in [3.8, 4) is 0 Å². The van der Waals surface area contributed by atoms with Crippen LogP contribution in [0.25, 0.3) is 0 Å². The van der Waals surface area contributed by atoms with Gasteiger partial charge in [0.2, 0.25) is 0 Å². The zero-order chi connectivity index (χ0) is 19.5. The average molecular weight is 386 g/mol. The molecule has 0 bridgehead atoms. The first-order valence-corrected chi connectivity index (χ1v) is 10.5. The fourth-order valence-electron chi connectivity index (χ4n) is 4.77. The second-order valence-corrected chi connectivity index (χ2v) is 7.97. The van der Waals surface area contributed by atoms with E-state index in [-0.39, 0.29) is 0 Å². The Morgan fingerprint density at radius 2 is 1.59 bits per heavy atom. The molecular weight excluding hydrogens is 358 g/mol. The van der Waals surface area contributed by atoms with Crippen LogP contribution in [0.2, 0.25) is 0 Å². The van der Waals surface area contributed by atoms with E-state index in [1.54, 1.807) is 6.33 Å². The van der Waals surface area contributed by atoms with Crippen LogP contribution in [0, 0.1) is 5.92 Å². The smallest absolute Gasteiger partial charge is 0.132 e. The predicted molar refractivity (Wildman–Crippen MR) is 116 cm³/mol. The van der Waals surface area contributed by atoms with Gasteiger partial charge >= 0.3 is 0 Å². The minimum absolute atomic E-state index is 0.317. The molecule has 0 aliphatic carbocycles. The molecule has 0 saturated carbocycles. The summed E-state index contributed by atoms with van der Waals surface area (Å²) in [5.41, 5.74) is 2.73. The van der Waals surface area contributed by atoms with E-state index < -0.39 is 0 Å². The van der Waals surface area contributed by atoms with Crippen LogP contribution in [0.1, 0.15) is 17.2 Å². The molecule has 0 amide bonds. The van der Waals surface area contributed by atoms with Crippen molar-refractivity contribution >= 4 is 5.82 Å². The van der Waals surface area contributed by atoms with Crippen molar-refractivity contribution in [1.82, 2.24) is 20.2 Å². The Kier molecular flexibility index (Phi) is 5.24. The highest BCUT2D eigenvalue weighted by molar-refractivity contribution is 5.40. The molecule has 1 atom stereocenters. The van der Waals surface area contributed by atoms with Crippen molar-refractivity contribution < 1.29 is 0 Å². The molecule has 2 aliphatic heterocycles. The maximum Gasteiger partial charge on any atom is 0.132 e. The lowest BCUT2D eigenvalue weighted by atomic mass is 9.85. The van der Waals surface area contributed by atoms with Crippen LogP contribution in [0.5, 0.6) is 0 Å². The molecule has 5 heteroatoms. The number of aromatic nitrogens is 2. The molecule has 0 spiro atoms. The molecule has 5 rings (SSSR count). The normalized spacial score (nSPS) is 20.6. The summed E-state index contributed by atoms with van der Waals surface area (Å²) in [4.78, 5) is 13.7. The maximum absolute atomic E-state index is 4.52. The number of nitrogens with one attached hydrogen (secondary N) is 1. The summed E-state index contributed by atoms with van der Waals surface area (Å²) in [5, 5.41) is 3.59. The number of rotatable bonds is 5. The van der Waals surface area contributed by atoms with E-state index in [1.165, 1.54) is 11.1 Å². The van der Waals surface area contributed by atoms with E-state index in [0.717, 1.165) is 38.5 Å².